The Morgan fingerprint density at radius 1 is 1.15 bits per heavy atom. The molecule has 1 aliphatic rings. The second-order valence-corrected chi connectivity index (χ2v) is 9.14. The van der Waals surface area contributed by atoms with Gasteiger partial charge in [-0.1, -0.05) is 19.8 Å². The van der Waals surface area contributed by atoms with Crippen LogP contribution in [0.4, 0.5) is 0 Å². The Balaban J connectivity index is 1.71. The summed E-state index contributed by atoms with van der Waals surface area (Å²) in [5, 5.41) is 0. The van der Waals surface area contributed by atoms with Crippen LogP contribution in [0, 0.1) is 11.8 Å². The first-order valence-electron chi connectivity index (χ1n) is 11.9. The van der Waals surface area contributed by atoms with E-state index in [1.807, 2.05) is 6.92 Å². The topological polar surface area (TPSA) is 61.3 Å². The summed E-state index contributed by atoms with van der Waals surface area (Å²) in [6, 6.07) is 4.37. The number of aryl methyl sites for hydroxylation is 1. The lowest BCUT2D eigenvalue weighted by molar-refractivity contribution is -0.143. The summed E-state index contributed by atoms with van der Waals surface area (Å²) < 4.78 is 11.0. The maximum absolute atomic E-state index is 11.4. The first-order chi connectivity index (χ1) is 16.0. The number of thioether (sulfide) groups is 1. The van der Waals surface area contributed by atoms with Gasteiger partial charge in [-0.05, 0) is 69.8 Å². The lowest BCUT2D eigenvalue weighted by atomic mass is 9.71. The minimum atomic E-state index is -0.136. The van der Waals surface area contributed by atoms with Crippen LogP contribution in [-0.4, -0.2) is 35.4 Å². The summed E-state index contributed by atoms with van der Waals surface area (Å²) in [7, 11) is 0. The van der Waals surface area contributed by atoms with E-state index >= 15 is 0 Å². The van der Waals surface area contributed by atoms with Gasteiger partial charge in [0.25, 0.3) is 0 Å². The number of rotatable bonds is 9. The molecule has 0 saturated heterocycles. The number of benzene rings is 1. The zero-order valence-electron chi connectivity index (χ0n) is 20.2. The second-order valence-electron chi connectivity index (χ2n) is 8.29. The number of unbranched alkanes of at least 4 members (excludes halogenated alkanes) is 1. The number of carbonyl (C=O) groups is 1. The van der Waals surface area contributed by atoms with Crippen LogP contribution in [0.1, 0.15) is 81.8 Å². The minimum Gasteiger partial charge on any atom is -0.493 e. The molecule has 6 heteroatoms. The molecule has 0 aliphatic carbocycles. The Morgan fingerprint density at radius 3 is 2.64 bits per heavy atom. The molecule has 0 unspecified atom stereocenters. The van der Waals surface area contributed by atoms with Crippen molar-refractivity contribution in [3.8, 4) is 17.6 Å². The largest absolute Gasteiger partial charge is 0.493 e. The van der Waals surface area contributed by atoms with Gasteiger partial charge in [0.05, 0.1) is 25.1 Å². The van der Waals surface area contributed by atoms with E-state index in [9.17, 15) is 4.79 Å². The fraction of sp³-hybridized carbons (Fsp3) is 0.519. The monoisotopic (exact) mass is 466 g/mol. The van der Waals surface area contributed by atoms with Gasteiger partial charge in [-0.2, -0.15) is 0 Å². The molecule has 3 rings (SSSR count). The van der Waals surface area contributed by atoms with Gasteiger partial charge < -0.3 is 9.47 Å². The first kappa shape index (κ1) is 25.1. The molecule has 0 N–H and O–H groups in total. The van der Waals surface area contributed by atoms with Crippen LogP contribution in [0.3, 0.4) is 0 Å². The highest BCUT2D eigenvalue weighted by atomic mass is 32.2. The Kier molecular flexibility index (Phi) is 9.20. The van der Waals surface area contributed by atoms with Gasteiger partial charge in [0.2, 0.25) is 0 Å². The molecule has 33 heavy (non-hydrogen) atoms. The molecule has 176 valence electrons. The lowest BCUT2D eigenvalue weighted by Crippen LogP contribution is -2.31. The van der Waals surface area contributed by atoms with Crippen molar-refractivity contribution in [2.24, 2.45) is 0 Å². The molecule has 0 spiro atoms. The standard InChI is InChI=1S/C27H34N2O3S/c1-5-27(6-2)14-15-32-24-17-25(33-4)20(16-23(24)27)12-13-22-19-28-21(18-29-22)10-8-9-11-26(30)31-7-3/h16-19H,5-11,14-15H2,1-4H3. The summed E-state index contributed by atoms with van der Waals surface area (Å²) >= 11 is 1.69. The number of hydrogen-bond donors (Lipinski definition) is 0. The summed E-state index contributed by atoms with van der Waals surface area (Å²) in [4.78, 5) is 21.5. The van der Waals surface area contributed by atoms with Gasteiger partial charge in [0.1, 0.15) is 11.4 Å². The van der Waals surface area contributed by atoms with Crippen LogP contribution in [0.25, 0.3) is 0 Å². The summed E-state index contributed by atoms with van der Waals surface area (Å²) in [6.07, 6.45) is 11.7. The van der Waals surface area contributed by atoms with Crippen molar-refractivity contribution < 1.29 is 14.3 Å². The van der Waals surface area contributed by atoms with Gasteiger partial charge in [0, 0.05) is 34.1 Å². The van der Waals surface area contributed by atoms with Crippen LogP contribution in [0.2, 0.25) is 0 Å². The van der Waals surface area contributed by atoms with Crippen molar-refractivity contribution in [3.05, 3.63) is 47.0 Å². The van der Waals surface area contributed by atoms with Crippen molar-refractivity contribution in [2.45, 2.75) is 76.0 Å². The van der Waals surface area contributed by atoms with Gasteiger partial charge in [-0.15, -0.1) is 11.8 Å². The molecule has 0 fully saturated rings. The fourth-order valence-electron chi connectivity index (χ4n) is 4.33. The van der Waals surface area contributed by atoms with Gasteiger partial charge in [0.15, 0.2) is 0 Å². The molecular weight excluding hydrogens is 432 g/mol. The van der Waals surface area contributed by atoms with E-state index in [1.54, 1.807) is 24.2 Å². The number of carbonyl (C=O) groups excluding carboxylic acids is 1. The zero-order chi connectivity index (χ0) is 23.7. The third-order valence-corrected chi connectivity index (χ3v) is 7.24. The fourth-order valence-corrected chi connectivity index (χ4v) is 4.88. The number of ether oxygens (including phenoxy) is 2. The smallest absolute Gasteiger partial charge is 0.305 e. The van der Waals surface area contributed by atoms with E-state index < -0.39 is 0 Å². The Bertz CT molecular complexity index is 1000. The molecule has 1 aromatic heterocycles. The maximum Gasteiger partial charge on any atom is 0.305 e. The van der Waals surface area contributed by atoms with Crippen molar-refractivity contribution in [1.82, 2.24) is 9.97 Å². The molecule has 0 radical (unpaired) electrons. The number of nitrogens with zero attached hydrogens (tertiary/aromatic N) is 2. The molecular formula is C27H34N2O3S. The second kappa shape index (κ2) is 12.1. The minimum absolute atomic E-state index is 0.136. The summed E-state index contributed by atoms with van der Waals surface area (Å²) in [5.41, 5.74) is 4.03. The van der Waals surface area contributed by atoms with Gasteiger partial charge in [-0.25, -0.2) is 4.98 Å². The Labute approximate surface area is 202 Å². The quantitative estimate of drug-likeness (QED) is 0.204. The van der Waals surface area contributed by atoms with Gasteiger partial charge >= 0.3 is 5.97 Å². The van der Waals surface area contributed by atoms with Crippen LogP contribution in [0.5, 0.6) is 5.75 Å². The molecule has 0 atom stereocenters. The van der Waals surface area contributed by atoms with E-state index in [4.69, 9.17) is 9.47 Å². The normalized spacial score (nSPS) is 13.9. The van der Waals surface area contributed by atoms with E-state index in [0.717, 1.165) is 67.0 Å². The highest BCUT2D eigenvalue weighted by Crippen LogP contribution is 2.45. The van der Waals surface area contributed by atoms with Crippen LogP contribution >= 0.6 is 11.8 Å². The molecule has 0 bridgehead atoms. The molecule has 0 amide bonds. The average molecular weight is 467 g/mol. The number of fused-ring (bicyclic) bond motifs is 1. The lowest BCUT2D eigenvalue weighted by Gasteiger charge is -2.38. The molecule has 0 saturated carbocycles. The predicted molar refractivity (Wildman–Crippen MR) is 133 cm³/mol. The average Bonchev–Trinajstić information content (AvgIpc) is 2.85. The summed E-state index contributed by atoms with van der Waals surface area (Å²) in [6.45, 7) is 7.56. The number of hydrogen-bond acceptors (Lipinski definition) is 6. The number of esters is 1. The van der Waals surface area contributed by atoms with Crippen molar-refractivity contribution in [1.29, 1.82) is 0 Å². The maximum atomic E-state index is 11.4. The predicted octanol–water partition coefficient (Wildman–Crippen LogP) is 5.71. The Hall–Kier alpha value is -2.52. The van der Waals surface area contributed by atoms with Crippen molar-refractivity contribution in [3.63, 3.8) is 0 Å². The molecule has 1 aromatic carbocycles. The SMILES string of the molecule is CCOC(=O)CCCCc1cnc(C#Cc2cc3c(cc2SC)OCCC3(CC)CC)cn1. The zero-order valence-corrected chi connectivity index (χ0v) is 21.0. The van der Waals surface area contributed by atoms with E-state index in [1.165, 1.54) is 5.56 Å². The molecule has 1 aliphatic heterocycles. The van der Waals surface area contributed by atoms with Gasteiger partial charge in [-0.3, -0.25) is 9.78 Å². The van der Waals surface area contributed by atoms with Crippen LogP contribution < -0.4 is 4.74 Å². The molecule has 2 heterocycles. The molecule has 2 aromatic rings. The van der Waals surface area contributed by atoms with Crippen molar-refractivity contribution >= 4 is 17.7 Å². The Morgan fingerprint density at radius 2 is 1.97 bits per heavy atom. The highest BCUT2D eigenvalue weighted by molar-refractivity contribution is 7.98. The third-order valence-electron chi connectivity index (χ3n) is 6.46. The van der Waals surface area contributed by atoms with E-state index in [-0.39, 0.29) is 11.4 Å². The third kappa shape index (κ3) is 6.29. The summed E-state index contributed by atoms with van der Waals surface area (Å²) in [5.74, 6) is 7.39. The van der Waals surface area contributed by atoms with E-state index in [0.29, 0.717) is 18.7 Å². The van der Waals surface area contributed by atoms with Crippen LogP contribution in [0.15, 0.2) is 29.4 Å². The first-order valence-corrected chi connectivity index (χ1v) is 13.1. The highest BCUT2D eigenvalue weighted by Gasteiger charge is 2.35. The number of aromatic nitrogens is 2. The van der Waals surface area contributed by atoms with Crippen molar-refractivity contribution in [2.75, 3.05) is 19.5 Å². The molecule has 5 nitrogen and oxygen atoms in total. The van der Waals surface area contributed by atoms with Crippen LogP contribution in [-0.2, 0) is 21.4 Å². The van der Waals surface area contributed by atoms with E-state index in [2.05, 4.69) is 54.0 Å².